The van der Waals surface area contributed by atoms with E-state index in [4.69, 9.17) is 14.2 Å². The summed E-state index contributed by atoms with van der Waals surface area (Å²) < 4.78 is 15.8. The van der Waals surface area contributed by atoms with Crippen LogP contribution in [0.5, 0.6) is 5.75 Å². The van der Waals surface area contributed by atoms with E-state index in [1.165, 1.54) is 14.2 Å². The molecular weight excluding hydrogens is 334 g/mol. The molecule has 6 heteroatoms. The monoisotopic (exact) mass is 365 g/mol. The molecule has 1 rings (SSSR count). The van der Waals surface area contributed by atoms with E-state index in [-0.39, 0.29) is 11.5 Å². The number of benzene rings is 1. The molecule has 1 aromatic carbocycles. The van der Waals surface area contributed by atoms with Gasteiger partial charge in [0.1, 0.15) is 16.9 Å². The lowest BCUT2D eigenvalue weighted by atomic mass is 9.96. The third-order valence-corrected chi connectivity index (χ3v) is 4.23. The number of carbonyl (C=O) groups excluding carboxylic acids is 2. The van der Waals surface area contributed by atoms with E-state index in [1.54, 1.807) is 18.2 Å². The maximum absolute atomic E-state index is 12.9. The Bertz CT molecular complexity index is 602. The highest BCUT2D eigenvalue weighted by atomic mass is 16.5. The van der Waals surface area contributed by atoms with Crippen molar-refractivity contribution in [3.05, 3.63) is 23.8 Å². The Morgan fingerprint density at radius 3 is 2.42 bits per heavy atom. The van der Waals surface area contributed by atoms with Crippen molar-refractivity contribution in [2.75, 3.05) is 26.1 Å². The van der Waals surface area contributed by atoms with Gasteiger partial charge in [-0.25, -0.2) is 4.79 Å². The predicted octanol–water partition coefficient (Wildman–Crippen LogP) is 4.19. The summed E-state index contributed by atoms with van der Waals surface area (Å²) in [5.41, 5.74) is -0.149. The molecule has 0 unspecified atom stereocenters. The number of hydrogen-bond acceptors (Lipinski definition) is 5. The van der Waals surface area contributed by atoms with Crippen LogP contribution in [-0.4, -0.2) is 38.3 Å². The Kier molecular flexibility index (Phi) is 9.13. The van der Waals surface area contributed by atoms with Crippen LogP contribution in [0.4, 0.5) is 5.69 Å². The number of nitrogens with one attached hydrogen (secondary N) is 1. The van der Waals surface area contributed by atoms with E-state index < -0.39 is 11.6 Å². The van der Waals surface area contributed by atoms with Gasteiger partial charge in [0.15, 0.2) is 0 Å². The Balaban J connectivity index is 2.98. The first-order chi connectivity index (χ1) is 12.4. The quantitative estimate of drug-likeness (QED) is 0.470. The third-order valence-electron chi connectivity index (χ3n) is 4.23. The zero-order valence-electron chi connectivity index (χ0n) is 16.5. The van der Waals surface area contributed by atoms with Crippen molar-refractivity contribution in [1.29, 1.82) is 0 Å². The molecule has 0 fully saturated rings. The maximum atomic E-state index is 12.9. The van der Waals surface area contributed by atoms with Gasteiger partial charge in [0.2, 0.25) is 0 Å². The summed E-state index contributed by atoms with van der Waals surface area (Å²) in [7, 11) is 2.78. The molecule has 1 aromatic rings. The number of amides is 1. The Morgan fingerprint density at radius 2 is 1.85 bits per heavy atom. The molecule has 0 aromatic heterocycles. The molecule has 1 atom stereocenters. The fourth-order valence-corrected chi connectivity index (χ4v) is 2.61. The maximum Gasteiger partial charge on any atom is 0.341 e. The first-order valence-corrected chi connectivity index (χ1v) is 9.13. The van der Waals surface area contributed by atoms with Gasteiger partial charge in [0, 0.05) is 12.3 Å². The van der Waals surface area contributed by atoms with Crippen LogP contribution >= 0.6 is 0 Å². The molecule has 146 valence electrons. The molecule has 6 nitrogen and oxygen atoms in total. The van der Waals surface area contributed by atoms with Crippen LogP contribution < -0.4 is 10.1 Å². The number of methoxy groups -OCH3 is 2. The summed E-state index contributed by atoms with van der Waals surface area (Å²) in [6.07, 6.45) is 4.53. The van der Waals surface area contributed by atoms with Crippen LogP contribution in [0, 0.1) is 0 Å². The van der Waals surface area contributed by atoms with Crippen molar-refractivity contribution in [2.24, 2.45) is 0 Å². The molecule has 0 saturated carbocycles. The minimum atomic E-state index is -0.906. The Hall–Kier alpha value is -2.08. The van der Waals surface area contributed by atoms with Crippen LogP contribution in [0.1, 0.15) is 63.2 Å². The first-order valence-electron chi connectivity index (χ1n) is 9.13. The fourth-order valence-electron chi connectivity index (χ4n) is 2.61. The minimum absolute atomic E-state index is 0.219. The normalized spacial score (nSPS) is 13.0. The lowest BCUT2D eigenvalue weighted by molar-refractivity contribution is -0.140. The van der Waals surface area contributed by atoms with Crippen molar-refractivity contribution in [2.45, 2.75) is 58.5 Å². The van der Waals surface area contributed by atoms with E-state index in [0.29, 0.717) is 24.5 Å². The van der Waals surface area contributed by atoms with Gasteiger partial charge < -0.3 is 19.5 Å². The number of hydrogen-bond donors (Lipinski definition) is 1. The second-order valence-corrected chi connectivity index (χ2v) is 6.40. The highest BCUT2D eigenvalue weighted by Gasteiger charge is 2.33. The van der Waals surface area contributed by atoms with E-state index in [0.717, 1.165) is 25.7 Å². The van der Waals surface area contributed by atoms with Crippen molar-refractivity contribution < 1.29 is 23.8 Å². The number of ether oxygens (including phenoxy) is 3. The summed E-state index contributed by atoms with van der Waals surface area (Å²) in [5, 5.41) is 2.86. The van der Waals surface area contributed by atoms with Gasteiger partial charge in [0.25, 0.3) is 5.91 Å². The molecular formula is C20H31NO5. The molecule has 0 radical (unpaired) electrons. The van der Waals surface area contributed by atoms with Gasteiger partial charge in [-0.15, -0.1) is 0 Å². The second-order valence-electron chi connectivity index (χ2n) is 6.40. The average Bonchev–Trinajstić information content (AvgIpc) is 2.65. The molecule has 0 spiro atoms. The number of rotatable bonds is 11. The molecule has 0 aliphatic heterocycles. The standard InChI is InChI=1S/C20H31NO5/c1-6-8-9-12-20(3,26-13-7-2)19(23)21-15-10-11-17(24-4)16(14-15)18(22)25-5/h10-11,14H,6-9,12-13H2,1-5H3,(H,21,23)/t20-/m1/s1. The van der Waals surface area contributed by atoms with Gasteiger partial charge in [-0.1, -0.05) is 33.1 Å². The molecule has 0 aliphatic carbocycles. The number of unbranched alkanes of at least 4 members (excludes halogenated alkanes) is 2. The van der Waals surface area contributed by atoms with Gasteiger partial charge in [0.05, 0.1) is 14.2 Å². The van der Waals surface area contributed by atoms with Gasteiger partial charge in [-0.05, 0) is 38.0 Å². The van der Waals surface area contributed by atoms with Crippen molar-refractivity contribution in [1.82, 2.24) is 0 Å². The SMILES string of the molecule is CCCCC[C@@](C)(OCCC)C(=O)Nc1ccc(OC)c(C(=O)OC)c1. The van der Waals surface area contributed by atoms with E-state index in [2.05, 4.69) is 12.2 Å². The minimum Gasteiger partial charge on any atom is -0.496 e. The lowest BCUT2D eigenvalue weighted by Crippen LogP contribution is -2.43. The topological polar surface area (TPSA) is 73.9 Å². The Labute approximate surface area is 156 Å². The van der Waals surface area contributed by atoms with Crippen molar-refractivity contribution >= 4 is 17.6 Å². The van der Waals surface area contributed by atoms with Gasteiger partial charge in [-0.2, -0.15) is 0 Å². The van der Waals surface area contributed by atoms with Crippen LogP contribution in [0.2, 0.25) is 0 Å². The molecule has 0 bridgehead atoms. The number of anilines is 1. The number of carbonyl (C=O) groups is 2. The fraction of sp³-hybridized carbons (Fsp3) is 0.600. The molecule has 0 aliphatic rings. The van der Waals surface area contributed by atoms with Crippen LogP contribution in [-0.2, 0) is 14.3 Å². The van der Waals surface area contributed by atoms with Crippen LogP contribution in [0.15, 0.2) is 18.2 Å². The summed E-state index contributed by atoms with van der Waals surface area (Å²) in [6, 6.07) is 4.87. The molecule has 0 saturated heterocycles. The average molecular weight is 365 g/mol. The molecule has 0 heterocycles. The smallest absolute Gasteiger partial charge is 0.341 e. The summed E-state index contributed by atoms with van der Waals surface area (Å²) >= 11 is 0. The molecule has 1 N–H and O–H groups in total. The highest BCUT2D eigenvalue weighted by molar-refractivity contribution is 5.99. The molecule has 26 heavy (non-hydrogen) atoms. The number of esters is 1. The highest BCUT2D eigenvalue weighted by Crippen LogP contribution is 2.26. The predicted molar refractivity (Wildman–Crippen MR) is 102 cm³/mol. The summed E-state index contributed by atoms with van der Waals surface area (Å²) in [4.78, 5) is 24.8. The molecule has 1 amide bonds. The largest absolute Gasteiger partial charge is 0.496 e. The van der Waals surface area contributed by atoms with Gasteiger partial charge >= 0.3 is 5.97 Å². The lowest BCUT2D eigenvalue weighted by Gasteiger charge is -2.29. The first kappa shape index (κ1) is 22.0. The summed E-state index contributed by atoms with van der Waals surface area (Å²) in [6.45, 7) is 6.47. The zero-order chi connectivity index (χ0) is 19.6. The van der Waals surface area contributed by atoms with Crippen molar-refractivity contribution in [3.63, 3.8) is 0 Å². The summed E-state index contributed by atoms with van der Waals surface area (Å²) in [5.74, 6) is -0.350. The zero-order valence-corrected chi connectivity index (χ0v) is 16.5. The van der Waals surface area contributed by atoms with Gasteiger partial charge in [-0.3, -0.25) is 4.79 Å². The van der Waals surface area contributed by atoms with Crippen molar-refractivity contribution in [3.8, 4) is 5.75 Å². The third kappa shape index (κ3) is 6.02. The Morgan fingerprint density at radius 1 is 1.12 bits per heavy atom. The van der Waals surface area contributed by atoms with E-state index >= 15 is 0 Å². The van der Waals surface area contributed by atoms with E-state index in [1.807, 2.05) is 13.8 Å². The van der Waals surface area contributed by atoms with Crippen LogP contribution in [0.25, 0.3) is 0 Å². The van der Waals surface area contributed by atoms with E-state index in [9.17, 15) is 9.59 Å². The van der Waals surface area contributed by atoms with Crippen LogP contribution in [0.3, 0.4) is 0 Å². The second kappa shape index (κ2) is 10.8.